The van der Waals surface area contributed by atoms with Crippen LogP contribution in [0.25, 0.3) is 0 Å². The molecule has 1 aromatic heterocycles. The van der Waals surface area contributed by atoms with Crippen molar-refractivity contribution in [2.24, 2.45) is 5.92 Å². The van der Waals surface area contributed by atoms with Crippen LogP contribution in [0.3, 0.4) is 0 Å². The van der Waals surface area contributed by atoms with Crippen LogP contribution < -0.4 is 5.32 Å². The van der Waals surface area contributed by atoms with E-state index in [1.54, 1.807) is 18.6 Å². The molecular weight excluding hydrogens is 236 g/mol. The number of hydrogen-bond acceptors (Lipinski definition) is 4. The third-order valence-corrected chi connectivity index (χ3v) is 4.54. The fraction of sp³-hybridized carbons (Fsp3) is 0.733. The molecule has 1 aromatic rings. The standard InChI is InChI=1S/C15H24N4/c1-2-4-14(5-3-1)19-9-6-13(12-19)10-18-15-11-16-7-8-17-15/h7-8,11,13-14H,1-6,9-10,12H2,(H,17,18)/t13-/m0/s1. The molecular formula is C15H24N4. The van der Waals surface area contributed by atoms with Crippen LogP contribution in [-0.4, -0.2) is 40.5 Å². The van der Waals surface area contributed by atoms with Gasteiger partial charge in [-0.3, -0.25) is 4.98 Å². The summed E-state index contributed by atoms with van der Waals surface area (Å²) in [5.74, 6) is 1.67. The van der Waals surface area contributed by atoms with Crippen molar-refractivity contribution in [3.8, 4) is 0 Å². The molecule has 0 aromatic carbocycles. The zero-order chi connectivity index (χ0) is 12.9. The van der Waals surface area contributed by atoms with E-state index in [1.807, 2.05) is 0 Å². The van der Waals surface area contributed by atoms with E-state index >= 15 is 0 Å². The topological polar surface area (TPSA) is 41.1 Å². The van der Waals surface area contributed by atoms with Crippen LogP contribution in [0, 0.1) is 5.92 Å². The number of hydrogen-bond donors (Lipinski definition) is 1. The van der Waals surface area contributed by atoms with E-state index in [2.05, 4.69) is 20.2 Å². The van der Waals surface area contributed by atoms with E-state index in [0.717, 1.165) is 24.3 Å². The van der Waals surface area contributed by atoms with E-state index < -0.39 is 0 Å². The number of likely N-dealkylation sites (tertiary alicyclic amines) is 1. The maximum absolute atomic E-state index is 4.26. The molecule has 3 rings (SSSR count). The fourth-order valence-electron chi connectivity index (χ4n) is 3.45. The monoisotopic (exact) mass is 260 g/mol. The van der Waals surface area contributed by atoms with Crippen LogP contribution in [0.5, 0.6) is 0 Å². The van der Waals surface area contributed by atoms with Crippen molar-refractivity contribution in [1.29, 1.82) is 0 Å². The molecule has 4 heteroatoms. The fourth-order valence-corrected chi connectivity index (χ4v) is 3.45. The first kappa shape index (κ1) is 12.9. The average Bonchev–Trinajstić information content (AvgIpc) is 2.96. The average molecular weight is 260 g/mol. The molecule has 1 aliphatic heterocycles. The van der Waals surface area contributed by atoms with Gasteiger partial charge in [-0.1, -0.05) is 19.3 Å². The first-order chi connectivity index (χ1) is 9.42. The highest BCUT2D eigenvalue weighted by Gasteiger charge is 2.28. The molecule has 19 heavy (non-hydrogen) atoms. The zero-order valence-electron chi connectivity index (χ0n) is 11.6. The highest BCUT2D eigenvalue weighted by atomic mass is 15.2. The van der Waals surface area contributed by atoms with Gasteiger partial charge in [0.2, 0.25) is 0 Å². The van der Waals surface area contributed by atoms with Crippen LogP contribution in [0.4, 0.5) is 5.82 Å². The Morgan fingerprint density at radius 1 is 1.16 bits per heavy atom. The summed E-state index contributed by atoms with van der Waals surface area (Å²) >= 11 is 0. The van der Waals surface area contributed by atoms with Crippen molar-refractivity contribution in [3.05, 3.63) is 18.6 Å². The Balaban J connectivity index is 1.44. The molecule has 0 spiro atoms. The number of nitrogens with zero attached hydrogens (tertiary/aromatic N) is 3. The molecule has 0 amide bonds. The largest absolute Gasteiger partial charge is 0.368 e. The van der Waals surface area contributed by atoms with Gasteiger partial charge in [-0.15, -0.1) is 0 Å². The maximum Gasteiger partial charge on any atom is 0.144 e. The lowest BCUT2D eigenvalue weighted by molar-refractivity contribution is 0.186. The minimum Gasteiger partial charge on any atom is -0.368 e. The Kier molecular flexibility index (Phi) is 4.28. The Morgan fingerprint density at radius 3 is 2.84 bits per heavy atom. The zero-order valence-corrected chi connectivity index (χ0v) is 11.6. The van der Waals surface area contributed by atoms with E-state index in [1.165, 1.54) is 51.6 Å². The second-order valence-corrected chi connectivity index (χ2v) is 5.91. The molecule has 0 bridgehead atoms. The van der Waals surface area contributed by atoms with Gasteiger partial charge in [0.1, 0.15) is 5.82 Å². The summed E-state index contributed by atoms with van der Waals surface area (Å²) in [4.78, 5) is 11.1. The molecule has 0 radical (unpaired) electrons. The van der Waals surface area contributed by atoms with Crippen LogP contribution in [0.1, 0.15) is 38.5 Å². The summed E-state index contributed by atoms with van der Waals surface area (Å²) in [6, 6.07) is 0.871. The summed E-state index contributed by atoms with van der Waals surface area (Å²) in [5, 5.41) is 3.41. The van der Waals surface area contributed by atoms with Crippen molar-refractivity contribution < 1.29 is 0 Å². The van der Waals surface area contributed by atoms with Crippen LogP contribution >= 0.6 is 0 Å². The quantitative estimate of drug-likeness (QED) is 0.903. The normalized spacial score (nSPS) is 25.6. The molecule has 1 saturated heterocycles. The minimum absolute atomic E-state index is 0.768. The van der Waals surface area contributed by atoms with Gasteiger partial charge in [0.05, 0.1) is 6.20 Å². The molecule has 1 saturated carbocycles. The van der Waals surface area contributed by atoms with Gasteiger partial charge in [-0.25, -0.2) is 4.98 Å². The SMILES string of the molecule is c1cnc(NC[C@@H]2CCN(C3CCCCC3)C2)cn1. The van der Waals surface area contributed by atoms with Gasteiger partial charge in [-0.2, -0.15) is 0 Å². The lowest BCUT2D eigenvalue weighted by Crippen LogP contribution is -2.35. The Morgan fingerprint density at radius 2 is 2.05 bits per heavy atom. The summed E-state index contributed by atoms with van der Waals surface area (Å²) in [6.07, 6.45) is 13.7. The van der Waals surface area contributed by atoms with Crippen molar-refractivity contribution in [3.63, 3.8) is 0 Å². The van der Waals surface area contributed by atoms with Gasteiger partial charge in [0.15, 0.2) is 0 Å². The van der Waals surface area contributed by atoms with Crippen molar-refractivity contribution >= 4 is 5.82 Å². The van der Waals surface area contributed by atoms with Crippen LogP contribution in [0.2, 0.25) is 0 Å². The van der Waals surface area contributed by atoms with Gasteiger partial charge in [0, 0.05) is 31.5 Å². The minimum atomic E-state index is 0.768. The Labute approximate surface area is 115 Å². The molecule has 2 heterocycles. The molecule has 1 aliphatic carbocycles. The number of anilines is 1. The molecule has 2 fully saturated rings. The number of rotatable bonds is 4. The third-order valence-electron chi connectivity index (χ3n) is 4.54. The second kappa shape index (κ2) is 6.33. The Bertz CT molecular complexity index is 375. The van der Waals surface area contributed by atoms with Crippen molar-refractivity contribution in [1.82, 2.24) is 14.9 Å². The lowest BCUT2D eigenvalue weighted by Gasteiger charge is -2.31. The summed E-state index contributed by atoms with van der Waals surface area (Å²) in [5.41, 5.74) is 0. The van der Waals surface area contributed by atoms with Crippen molar-refractivity contribution in [2.45, 2.75) is 44.6 Å². The Hall–Kier alpha value is -1.16. The molecule has 1 N–H and O–H groups in total. The van der Waals surface area contributed by atoms with E-state index in [-0.39, 0.29) is 0 Å². The molecule has 4 nitrogen and oxygen atoms in total. The second-order valence-electron chi connectivity index (χ2n) is 5.91. The predicted molar refractivity (Wildman–Crippen MR) is 77.1 cm³/mol. The smallest absolute Gasteiger partial charge is 0.144 e. The van der Waals surface area contributed by atoms with Gasteiger partial charge >= 0.3 is 0 Å². The highest BCUT2D eigenvalue weighted by molar-refractivity contribution is 5.29. The van der Waals surface area contributed by atoms with Gasteiger partial charge < -0.3 is 10.2 Å². The maximum atomic E-state index is 4.26. The molecule has 0 unspecified atom stereocenters. The molecule has 1 atom stereocenters. The first-order valence-electron chi connectivity index (χ1n) is 7.66. The number of aromatic nitrogens is 2. The highest BCUT2D eigenvalue weighted by Crippen LogP contribution is 2.27. The third kappa shape index (κ3) is 3.44. The van der Waals surface area contributed by atoms with E-state index in [4.69, 9.17) is 0 Å². The van der Waals surface area contributed by atoms with Crippen LogP contribution in [-0.2, 0) is 0 Å². The summed E-state index contributed by atoms with van der Waals surface area (Å²) in [7, 11) is 0. The predicted octanol–water partition coefficient (Wildman–Crippen LogP) is 2.54. The first-order valence-corrected chi connectivity index (χ1v) is 7.66. The summed E-state index contributed by atoms with van der Waals surface area (Å²) < 4.78 is 0. The van der Waals surface area contributed by atoms with E-state index in [0.29, 0.717) is 0 Å². The van der Waals surface area contributed by atoms with Gasteiger partial charge in [-0.05, 0) is 31.7 Å². The van der Waals surface area contributed by atoms with Gasteiger partial charge in [0.25, 0.3) is 0 Å². The summed E-state index contributed by atoms with van der Waals surface area (Å²) in [6.45, 7) is 3.58. The van der Waals surface area contributed by atoms with Crippen LogP contribution in [0.15, 0.2) is 18.6 Å². The number of nitrogens with one attached hydrogen (secondary N) is 1. The lowest BCUT2D eigenvalue weighted by atomic mass is 9.94. The van der Waals surface area contributed by atoms with Crippen molar-refractivity contribution in [2.75, 3.05) is 25.0 Å². The molecule has 104 valence electrons. The molecule has 2 aliphatic rings. The van der Waals surface area contributed by atoms with E-state index in [9.17, 15) is 0 Å².